The first-order chi connectivity index (χ1) is 30.3. The van der Waals surface area contributed by atoms with E-state index in [2.05, 4.69) is 228 Å². The zero-order chi connectivity index (χ0) is 39.8. The summed E-state index contributed by atoms with van der Waals surface area (Å²) in [6.45, 7) is 0. The molecule has 2 aliphatic rings. The molecule has 12 aromatic rings. The van der Waals surface area contributed by atoms with Crippen molar-refractivity contribution in [2.75, 3.05) is 0 Å². The smallest absolute Gasteiger partial charge is 0.0725 e. The summed E-state index contributed by atoms with van der Waals surface area (Å²) in [5.74, 6) is 0. The number of para-hydroxylation sites is 2. The van der Waals surface area contributed by atoms with E-state index in [9.17, 15) is 0 Å². The van der Waals surface area contributed by atoms with Crippen molar-refractivity contribution in [2.45, 2.75) is 5.41 Å². The molecule has 0 amide bonds. The van der Waals surface area contributed by atoms with E-state index in [1.54, 1.807) is 0 Å². The number of rotatable bonds is 3. The van der Waals surface area contributed by atoms with E-state index >= 15 is 0 Å². The first kappa shape index (κ1) is 33.0. The van der Waals surface area contributed by atoms with Crippen LogP contribution < -0.4 is 0 Å². The molecule has 0 fully saturated rings. The fraction of sp³-hybridized carbons (Fsp3) is 0.0169. The predicted octanol–water partition coefficient (Wildman–Crippen LogP) is 15.0. The van der Waals surface area contributed by atoms with Crippen molar-refractivity contribution >= 4 is 54.4 Å². The van der Waals surface area contributed by atoms with Crippen molar-refractivity contribution in [3.8, 4) is 44.8 Å². The van der Waals surface area contributed by atoms with Gasteiger partial charge >= 0.3 is 0 Å². The van der Waals surface area contributed by atoms with Gasteiger partial charge in [0.2, 0.25) is 0 Å². The lowest BCUT2D eigenvalue weighted by Gasteiger charge is -2.30. The molecule has 2 aromatic heterocycles. The highest BCUT2D eigenvalue weighted by Crippen LogP contribution is 2.63. The lowest BCUT2D eigenvalue weighted by molar-refractivity contribution is 0.794. The Hall–Kier alpha value is -7.94. The van der Waals surface area contributed by atoms with Gasteiger partial charge in [0.15, 0.2) is 0 Å². The molecule has 0 N–H and O–H groups in total. The van der Waals surface area contributed by atoms with Crippen LogP contribution in [0.2, 0.25) is 0 Å². The predicted molar refractivity (Wildman–Crippen MR) is 254 cm³/mol. The van der Waals surface area contributed by atoms with E-state index in [1.165, 1.54) is 110 Å². The Morgan fingerprint density at radius 2 is 0.885 bits per heavy atom. The molecule has 0 unspecified atom stereocenters. The van der Waals surface area contributed by atoms with Crippen LogP contribution in [0.25, 0.3) is 99.1 Å². The van der Waals surface area contributed by atoms with Gasteiger partial charge in [-0.2, -0.15) is 0 Å². The Morgan fingerprint density at radius 3 is 1.62 bits per heavy atom. The first-order valence-corrected chi connectivity index (χ1v) is 21.3. The number of fused-ring (bicyclic) bond motifs is 18. The topological polar surface area (TPSA) is 9.86 Å². The molecule has 0 saturated heterocycles. The highest BCUT2D eigenvalue weighted by Gasteiger charge is 2.51. The molecule has 0 aliphatic heterocycles. The second kappa shape index (κ2) is 12.1. The summed E-state index contributed by atoms with van der Waals surface area (Å²) in [5.41, 5.74) is 19.9. The fourth-order valence-electron chi connectivity index (χ4n) is 11.5. The molecule has 0 saturated carbocycles. The van der Waals surface area contributed by atoms with Crippen LogP contribution in [0.5, 0.6) is 0 Å². The lowest BCUT2D eigenvalue weighted by atomic mass is 9.70. The number of benzene rings is 10. The average Bonchev–Trinajstić information content (AvgIpc) is 4.03. The quantitative estimate of drug-likeness (QED) is 0.169. The minimum atomic E-state index is -0.381. The van der Waals surface area contributed by atoms with Crippen LogP contribution in [-0.4, -0.2) is 9.13 Å². The first-order valence-electron chi connectivity index (χ1n) is 21.3. The summed E-state index contributed by atoms with van der Waals surface area (Å²) in [6.07, 6.45) is 0. The Morgan fingerprint density at radius 1 is 0.295 bits per heavy atom. The average molecular weight is 773 g/mol. The summed E-state index contributed by atoms with van der Waals surface area (Å²) >= 11 is 0. The highest BCUT2D eigenvalue weighted by atomic mass is 15.0. The molecule has 282 valence electrons. The van der Waals surface area contributed by atoms with Gasteiger partial charge in [-0.1, -0.05) is 164 Å². The van der Waals surface area contributed by atoms with Gasteiger partial charge < -0.3 is 9.13 Å². The zero-order valence-corrected chi connectivity index (χ0v) is 33.2. The van der Waals surface area contributed by atoms with Crippen molar-refractivity contribution in [3.63, 3.8) is 0 Å². The minimum Gasteiger partial charge on any atom is -0.309 e. The molecule has 0 atom stereocenters. The van der Waals surface area contributed by atoms with E-state index in [0.29, 0.717) is 0 Å². The van der Waals surface area contributed by atoms with Gasteiger partial charge in [-0.3, -0.25) is 0 Å². The maximum atomic E-state index is 2.49. The molecule has 2 nitrogen and oxygen atoms in total. The van der Waals surface area contributed by atoms with Gasteiger partial charge in [0.25, 0.3) is 0 Å². The minimum absolute atomic E-state index is 0.381. The monoisotopic (exact) mass is 772 g/mol. The largest absolute Gasteiger partial charge is 0.309 e. The van der Waals surface area contributed by atoms with E-state index in [1.807, 2.05) is 0 Å². The van der Waals surface area contributed by atoms with Gasteiger partial charge in [0.1, 0.15) is 0 Å². The van der Waals surface area contributed by atoms with Crippen molar-refractivity contribution in [2.24, 2.45) is 0 Å². The lowest BCUT2D eigenvalue weighted by Crippen LogP contribution is -2.25. The normalized spacial score (nSPS) is 13.4. The molecule has 0 bridgehead atoms. The number of aromatic nitrogens is 2. The van der Waals surface area contributed by atoms with E-state index in [4.69, 9.17) is 0 Å². The Balaban J connectivity index is 1.01. The number of hydrogen-bond acceptors (Lipinski definition) is 0. The highest BCUT2D eigenvalue weighted by molar-refractivity contribution is 6.27. The van der Waals surface area contributed by atoms with Crippen LogP contribution in [0, 0.1) is 0 Å². The summed E-state index contributed by atoms with van der Waals surface area (Å²) in [7, 11) is 0. The summed E-state index contributed by atoms with van der Waals surface area (Å²) < 4.78 is 4.97. The van der Waals surface area contributed by atoms with Crippen molar-refractivity contribution in [1.29, 1.82) is 0 Å². The second-order valence-electron chi connectivity index (χ2n) is 16.8. The van der Waals surface area contributed by atoms with Crippen LogP contribution >= 0.6 is 0 Å². The molecule has 2 heteroatoms. The maximum absolute atomic E-state index is 2.49. The van der Waals surface area contributed by atoms with Gasteiger partial charge in [-0.05, 0) is 121 Å². The van der Waals surface area contributed by atoms with Crippen LogP contribution in [0.4, 0.5) is 0 Å². The van der Waals surface area contributed by atoms with Crippen molar-refractivity contribution < 1.29 is 0 Å². The van der Waals surface area contributed by atoms with E-state index in [-0.39, 0.29) is 5.41 Å². The Labute approximate surface area is 352 Å². The van der Waals surface area contributed by atoms with Gasteiger partial charge in [0, 0.05) is 32.9 Å². The summed E-state index contributed by atoms with van der Waals surface area (Å²) in [6, 6.07) is 81.5. The van der Waals surface area contributed by atoms with Crippen LogP contribution in [-0.2, 0) is 5.41 Å². The van der Waals surface area contributed by atoms with Crippen LogP contribution in [0.15, 0.2) is 218 Å². The van der Waals surface area contributed by atoms with Gasteiger partial charge in [-0.15, -0.1) is 0 Å². The van der Waals surface area contributed by atoms with E-state index in [0.717, 1.165) is 11.4 Å². The summed E-state index contributed by atoms with van der Waals surface area (Å²) in [5, 5.41) is 7.53. The third kappa shape index (κ3) is 4.26. The number of nitrogens with zero attached hydrogens (tertiary/aromatic N) is 2. The molecule has 10 aromatic carbocycles. The molecule has 2 heterocycles. The molecule has 2 aliphatic carbocycles. The van der Waals surface area contributed by atoms with Gasteiger partial charge in [0.05, 0.1) is 27.5 Å². The Kier molecular flexibility index (Phi) is 6.52. The molecule has 14 rings (SSSR count). The van der Waals surface area contributed by atoms with E-state index < -0.39 is 0 Å². The molecule has 1 spiro atoms. The maximum Gasteiger partial charge on any atom is 0.0725 e. The van der Waals surface area contributed by atoms with Crippen LogP contribution in [0.1, 0.15) is 22.3 Å². The summed E-state index contributed by atoms with van der Waals surface area (Å²) in [4.78, 5) is 0. The van der Waals surface area contributed by atoms with Crippen molar-refractivity contribution in [1.82, 2.24) is 9.13 Å². The molecular weight excluding hydrogens is 737 g/mol. The fourth-order valence-corrected chi connectivity index (χ4v) is 11.5. The van der Waals surface area contributed by atoms with Crippen molar-refractivity contribution in [3.05, 3.63) is 241 Å². The zero-order valence-electron chi connectivity index (χ0n) is 33.2. The molecule has 0 radical (unpaired) electrons. The standard InChI is InChI=1S/C59H36N2/c1-2-18-41(19-3-1)61-56-36-39-16-5-4-15-38(39)34-49(56)47-31-32-55-57(58(47)61)48-24-9-13-28-54(48)60(55)42-20-14-17-37(33-42)40-29-30-46-45-23-8-12-27-52(45)59(53(46)35-40)50-25-10-6-21-43(50)44-22-7-11-26-51(44)59/h1-36H. The number of hydrogen-bond donors (Lipinski definition) is 0. The second-order valence-corrected chi connectivity index (χ2v) is 16.8. The van der Waals surface area contributed by atoms with Gasteiger partial charge in [-0.25, -0.2) is 0 Å². The molecular formula is C59H36N2. The Bertz CT molecular complexity index is 3760. The van der Waals surface area contributed by atoms with Crippen LogP contribution in [0.3, 0.4) is 0 Å². The molecule has 61 heavy (non-hydrogen) atoms. The SMILES string of the molecule is c1ccc(-n2c3cc4ccccc4cc3c3ccc4c(c5ccccc5n4-c4cccc(-c5ccc6c(c5)C5(c7ccccc7-c7ccccc75)c5ccccc5-6)c4)c32)cc1. The third-order valence-electron chi connectivity index (χ3n) is 13.9. The third-order valence-corrected chi connectivity index (χ3v) is 13.9.